The van der Waals surface area contributed by atoms with Gasteiger partial charge < -0.3 is 20.4 Å². The third kappa shape index (κ3) is 5.49. The number of hydrogen-bond donors (Lipinski definition) is 3. The molecular weight excluding hydrogens is 392 g/mol. The van der Waals surface area contributed by atoms with Crippen LogP contribution in [-0.4, -0.2) is 56.4 Å². The van der Waals surface area contributed by atoms with E-state index in [4.69, 9.17) is 0 Å². The van der Waals surface area contributed by atoms with E-state index in [1.165, 1.54) is 4.90 Å². The molecule has 31 heavy (non-hydrogen) atoms. The summed E-state index contributed by atoms with van der Waals surface area (Å²) in [6, 6.07) is 15.1. The number of rotatable bonds is 7. The molecule has 1 saturated heterocycles. The number of carbonyl (C=O) groups excluding carboxylic acids is 3. The second kappa shape index (κ2) is 9.31. The average molecular weight is 422 g/mol. The van der Waals surface area contributed by atoms with Gasteiger partial charge in [-0.3, -0.25) is 14.4 Å². The Bertz CT molecular complexity index is 961. The number of piperazine rings is 1. The molecule has 4 rings (SSSR count). The van der Waals surface area contributed by atoms with E-state index >= 15 is 0 Å². The average Bonchev–Trinajstić information content (AvgIpc) is 3.58. The zero-order chi connectivity index (χ0) is 21.8. The Hall–Kier alpha value is -3.19. The van der Waals surface area contributed by atoms with Crippen LogP contribution in [0.1, 0.15) is 40.5 Å². The molecule has 3 N–H and O–H groups in total. The highest BCUT2D eigenvalue weighted by Crippen LogP contribution is 2.21. The van der Waals surface area contributed by atoms with Gasteiger partial charge in [0.05, 0.1) is 37.4 Å². The number of ketones is 1. The molecule has 2 amide bonds. The molecule has 7 heteroatoms. The molecule has 0 atom stereocenters. The molecule has 1 saturated carbocycles. The summed E-state index contributed by atoms with van der Waals surface area (Å²) in [7, 11) is 0. The second-order valence-corrected chi connectivity index (χ2v) is 8.36. The number of amides is 2. The molecule has 0 aromatic heterocycles. The topological polar surface area (TPSA) is 83.0 Å². The predicted octanol–water partition coefficient (Wildman–Crippen LogP) is 1.13. The summed E-state index contributed by atoms with van der Waals surface area (Å²) < 4.78 is 0. The lowest BCUT2D eigenvalue weighted by Gasteiger charge is -2.33. The molecular formula is C24H29N4O3+. The van der Waals surface area contributed by atoms with Gasteiger partial charge in [0.15, 0.2) is 12.3 Å². The number of anilines is 2. The molecule has 2 aromatic carbocycles. The van der Waals surface area contributed by atoms with E-state index in [0.717, 1.165) is 50.3 Å². The van der Waals surface area contributed by atoms with Crippen molar-refractivity contribution in [2.75, 3.05) is 42.9 Å². The summed E-state index contributed by atoms with van der Waals surface area (Å²) in [5, 5.41) is 5.90. The van der Waals surface area contributed by atoms with E-state index < -0.39 is 0 Å². The fraction of sp³-hybridized carbons (Fsp3) is 0.375. The third-order valence-corrected chi connectivity index (χ3v) is 5.88. The molecule has 7 nitrogen and oxygen atoms in total. The molecule has 1 aliphatic heterocycles. The minimum atomic E-state index is -0.129. The fourth-order valence-corrected chi connectivity index (χ4v) is 3.87. The molecule has 2 aliphatic rings. The lowest BCUT2D eigenvalue weighted by molar-refractivity contribution is -0.892. The number of nitrogens with zero attached hydrogens (tertiary/aromatic N) is 1. The van der Waals surface area contributed by atoms with Crippen molar-refractivity contribution in [2.45, 2.75) is 25.8 Å². The van der Waals surface area contributed by atoms with Gasteiger partial charge >= 0.3 is 0 Å². The summed E-state index contributed by atoms with van der Waals surface area (Å²) in [6.45, 7) is 5.35. The van der Waals surface area contributed by atoms with Gasteiger partial charge in [-0.15, -0.1) is 0 Å². The maximum absolute atomic E-state index is 12.6. The predicted molar refractivity (Wildman–Crippen MR) is 120 cm³/mol. The number of quaternary nitrogens is 1. The van der Waals surface area contributed by atoms with E-state index in [0.29, 0.717) is 17.8 Å². The van der Waals surface area contributed by atoms with Crippen LogP contribution in [0.4, 0.5) is 11.4 Å². The van der Waals surface area contributed by atoms with Gasteiger partial charge in [0.1, 0.15) is 0 Å². The zero-order valence-electron chi connectivity index (χ0n) is 17.8. The van der Waals surface area contributed by atoms with Gasteiger partial charge in [0.2, 0.25) is 0 Å². The fourth-order valence-electron chi connectivity index (χ4n) is 3.87. The lowest BCUT2D eigenvalue weighted by Crippen LogP contribution is -3.15. The summed E-state index contributed by atoms with van der Waals surface area (Å²) in [5.74, 6) is -0.144. The van der Waals surface area contributed by atoms with Crippen LogP contribution >= 0.6 is 0 Å². The molecule has 0 unspecified atom stereocenters. The molecule has 0 bridgehead atoms. The van der Waals surface area contributed by atoms with Gasteiger partial charge in [0, 0.05) is 17.3 Å². The van der Waals surface area contributed by atoms with Crippen LogP contribution in [0.15, 0.2) is 48.5 Å². The first kappa shape index (κ1) is 21.1. The van der Waals surface area contributed by atoms with Crippen molar-refractivity contribution in [1.29, 1.82) is 0 Å². The Balaban J connectivity index is 1.28. The highest BCUT2D eigenvalue weighted by molar-refractivity contribution is 6.04. The van der Waals surface area contributed by atoms with Gasteiger partial charge in [-0.25, -0.2) is 0 Å². The summed E-state index contributed by atoms with van der Waals surface area (Å²) >= 11 is 0. The highest BCUT2D eigenvalue weighted by Gasteiger charge is 2.26. The molecule has 1 heterocycles. The monoisotopic (exact) mass is 421 g/mol. The largest absolute Gasteiger partial charge is 0.360 e. The number of benzene rings is 2. The van der Waals surface area contributed by atoms with E-state index in [1.807, 2.05) is 36.4 Å². The van der Waals surface area contributed by atoms with Crippen molar-refractivity contribution in [3.05, 3.63) is 59.7 Å². The number of Topliss-reactive ketones (excluding diaryl/α,β-unsaturated/α-hetero) is 1. The maximum atomic E-state index is 12.6. The van der Waals surface area contributed by atoms with Crippen molar-refractivity contribution in [1.82, 2.24) is 5.32 Å². The van der Waals surface area contributed by atoms with Crippen LogP contribution in [0.3, 0.4) is 0 Å². The van der Waals surface area contributed by atoms with Gasteiger partial charge in [-0.2, -0.15) is 0 Å². The Morgan fingerprint density at radius 3 is 2.32 bits per heavy atom. The number of para-hydroxylation sites is 1. The minimum absolute atomic E-state index is 0.0680. The Kier molecular flexibility index (Phi) is 6.32. The molecule has 162 valence electrons. The van der Waals surface area contributed by atoms with Crippen molar-refractivity contribution in [3.63, 3.8) is 0 Å². The lowest BCUT2D eigenvalue weighted by atomic mass is 10.1. The number of nitrogens with one attached hydrogen (secondary N) is 3. The summed E-state index contributed by atoms with van der Waals surface area (Å²) in [6.07, 6.45) is 2.05. The van der Waals surface area contributed by atoms with E-state index in [1.54, 1.807) is 19.1 Å². The van der Waals surface area contributed by atoms with Crippen LogP contribution < -0.4 is 20.4 Å². The zero-order valence-corrected chi connectivity index (χ0v) is 17.8. The first-order valence-corrected chi connectivity index (χ1v) is 10.9. The second-order valence-electron chi connectivity index (χ2n) is 8.36. The highest BCUT2D eigenvalue weighted by atomic mass is 16.2. The minimum Gasteiger partial charge on any atom is -0.360 e. The Morgan fingerprint density at radius 1 is 1.00 bits per heavy atom. The SMILES string of the molecule is CC(=O)c1ccc(N2CC[NH+](CC(=O)Nc3ccccc3C(=O)NC3CC3)CC2)cc1. The van der Waals surface area contributed by atoms with Crippen molar-refractivity contribution >= 4 is 29.0 Å². The first-order valence-electron chi connectivity index (χ1n) is 10.9. The summed E-state index contributed by atoms with van der Waals surface area (Å²) in [5.41, 5.74) is 2.89. The number of hydrogen-bond acceptors (Lipinski definition) is 4. The van der Waals surface area contributed by atoms with Gasteiger partial charge in [-0.05, 0) is 56.2 Å². The van der Waals surface area contributed by atoms with Crippen molar-refractivity contribution in [2.24, 2.45) is 0 Å². The Labute approximate surface area is 182 Å². The smallest absolute Gasteiger partial charge is 0.279 e. The van der Waals surface area contributed by atoms with Crippen LogP contribution in [0.5, 0.6) is 0 Å². The van der Waals surface area contributed by atoms with E-state index in [-0.39, 0.29) is 23.6 Å². The van der Waals surface area contributed by atoms with Gasteiger partial charge in [0.25, 0.3) is 11.8 Å². The molecule has 2 aromatic rings. The quantitative estimate of drug-likeness (QED) is 0.586. The Morgan fingerprint density at radius 2 is 1.68 bits per heavy atom. The van der Waals surface area contributed by atoms with E-state index in [9.17, 15) is 14.4 Å². The standard InChI is InChI=1S/C24H28N4O3/c1-17(29)18-6-10-20(11-7-18)28-14-12-27(13-15-28)16-23(30)26-22-5-3-2-4-21(22)24(31)25-19-8-9-19/h2-7,10-11,19H,8-9,12-16H2,1H3,(H,25,31)(H,26,30)/p+1. The van der Waals surface area contributed by atoms with Crippen LogP contribution in [0.2, 0.25) is 0 Å². The first-order chi connectivity index (χ1) is 15.0. The number of carbonyl (C=O) groups is 3. The third-order valence-electron chi connectivity index (χ3n) is 5.88. The maximum Gasteiger partial charge on any atom is 0.279 e. The van der Waals surface area contributed by atoms with Crippen molar-refractivity contribution in [3.8, 4) is 0 Å². The van der Waals surface area contributed by atoms with Crippen LogP contribution in [0, 0.1) is 0 Å². The normalized spacial score (nSPS) is 16.6. The van der Waals surface area contributed by atoms with Crippen LogP contribution in [-0.2, 0) is 4.79 Å². The van der Waals surface area contributed by atoms with Crippen LogP contribution in [0.25, 0.3) is 0 Å². The molecule has 0 radical (unpaired) electrons. The molecule has 1 aliphatic carbocycles. The molecule has 2 fully saturated rings. The molecule has 0 spiro atoms. The van der Waals surface area contributed by atoms with E-state index in [2.05, 4.69) is 15.5 Å². The summed E-state index contributed by atoms with van der Waals surface area (Å²) in [4.78, 5) is 40.0. The van der Waals surface area contributed by atoms with Crippen molar-refractivity contribution < 1.29 is 19.3 Å². The van der Waals surface area contributed by atoms with Gasteiger partial charge in [-0.1, -0.05) is 12.1 Å².